The van der Waals surface area contributed by atoms with Crippen LogP contribution in [0.4, 0.5) is 0 Å². The summed E-state index contributed by atoms with van der Waals surface area (Å²) in [5.41, 5.74) is 0. The third-order valence-corrected chi connectivity index (χ3v) is 1.63. The van der Waals surface area contributed by atoms with Gasteiger partial charge >= 0.3 is 0 Å². The van der Waals surface area contributed by atoms with E-state index in [1.165, 1.54) is 0 Å². The second-order valence-corrected chi connectivity index (χ2v) is 2.92. The quantitative estimate of drug-likeness (QED) is 0.279. The molecule has 0 radical (unpaired) electrons. The first-order valence-electron chi connectivity index (χ1n) is 5.19. The highest BCUT2D eigenvalue weighted by molar-refractivity contribution is 5.50. The third kappa shape index (κ3) is 13.2. The first-order chi connectivity index (χ1) is 7.41. The molecule has 0 aliphatic heterocycles. The molecular weight excluding hydrogens is 198 g/mol. The van der Waals surface area contributed by atoms with E-state index >= 15 is 0 Å². The topological polar surface area (TPSA) is 73.3 Å². The molecule has 15 heavy (non-hydrogen) atoms. The number of ether oxygens (including phenoxy) is 2. The van der Waals surface area contributed by atoms with Gasteiger partial charge in [0.25, 0.3) is 12.6 Å². The van der Waals surface area contributed by atoms with E-state index in [0.29, 0.717) is 39.3 Å². The van der Waals surface area contributed by atoms with Crippen LogP contribution in [-0.4, -0.2) is 61.7 Å². The van der Waals surface area contributed by atoms with Crippen LogP contribution in [0.15, 0.2) is 0 Å². The fraction of sp³-hybridized carbons (Fsp3) is 0.800. The highest BCUT2D eigenvalue weighted by atomic mass is 16.5. The lowest BCUT2D eigenvalue weighted by atomic mass is 10.5. The maximum atomic E-state index is 8.35. The highest BCUT2D eigenvalue weighted by Crippen LogP contribution is 1.78. The van der Waals surface area contributed by atoms with Crippen LogP contribution in [0.3, 0.4) is 0 Å². The normalized spacial score (nSPS) is 10.1. The molecule has 3 N–H and O–H groups in total. The lowest BCUT2D eigenvalue weighted by Gasteiger charge is -2.04. The summed E-state index contributed by atoms with van der Waals surface area (Å²) in [6.07, 6.45) is 3.33. The van der Waals surface area contributed by atoms with Gasteiger partial charge in [-0.15, -0.1) is 0 Å². The molecule has 0 amide bonds. The number of aldehydes is 2. The SMILES string of the molecule is [OH+]=CCCOCCNCCOCCC=[OH+]. The van der Waals surface area contributed by atoms with E-state index < -0.39 is 0 Å². The van der Waals surface area contributed by atoms with E-state index in [9.17, 15) is 0 Å². The summed E-state index contributed by atoms with van der Waals surface area (Å²) in [5, 5.41) is 3.14. The molecule has 5 nitrogen and oxygen atoms in total. The number of hydrogen-bond acceptors (Lipinski definition) is 3. The first kappa shape index (κ1) is 14.2. The maximum absolute atomic E-state index is 8.35. The molecule has 0 saturated heterocycles. The van der Waals surface area contributed by atoms with Crippen LogP contribution < -0.4 is 5.32 Å². The average molecular weight is 219 g/mol. The van der Waals surface area contributed by atoms with E-state index in [2.05, 4.69) is 5.32 Å². The lowest BCUT2D eigenvalue weighted by Crippen LogP contribution is -2.24. The van der Waals surface area contributed by atoms with Crippen LogP contribution in [0.1, 0.15) is 12.8 Å². The first-order valence-corrected chi connectivity index (χ1v) is 5.19. The van der Waals surface area contributed by atoms with E-state index in [4.69, 9.17) is 19.1 Å². The Hall–Kier alpha value is -0.780. The number of nitrogens with one attached hydrogen (secondary N) is 1. The minimum atomic E-state index is 0.557. The summed E-state index contributed by atoms with van der Waals surface area (Å²) in [6.45, 7) is 3.94. The lowest BCUT2D eigenvalue weighted by molar-refractivity contribution is 0.127. The van der Waals surface area contributed by atoms with Crippen molar-refractivity contribution in [2.24, 2.45) is 0 Å². The van der Waals surface area contributed by atoms with Gasteiger partial charge in [0.15, 0.2) is 0 Å². The van der Waals surface area contributed by atoms with Crippen LogP contribution in [-0.2, 0) is 9.47 Å². The van der Waals surface area contributed by atoms with Crippen molar-refractivity contribution in [1.82, 2.24) is 5.32 Å². The van der Waals surface area contributed by atoms with Crippen molar-refractivity contribution in [1.29, 1.82) is 0 Å². The molecule has 0 atom stereocenters. The van der Waals surface area contributed by atoms with Gasteiger partial charge in [-0.1, -0.05) is 0 Å². The van der Waals surface area contributed by atoms with Gasteiger partial charge in [-0.2, -0.15) is 0 Å². The second kappa shape index (κ2) is 13.2. The van der Waals surface area contributed by atoms with Crippen LogP contribution in [0, 0.1) is 0 Å². The van der Waals surface area contributed by atoms with Crippen molar-refractivity contribution >= 4 is 12.6 Å². The Labute approximate surface area is 90.1 Å². The molecule has 0 unspecified atom stereocenters. The van der Waals surface area contributed by atoms with Gasteiger partial charge < -0.3 is 14.8 Å². The molecule has 0 aromatic carbocycles. The Morgan fingerprint density at radius 3 is 1.67 bits per heavy atom. The monoisotopic (exact) mass is 219 g/mol. The molecule has 0 rings (SSSR count). The zero-order valence-electron chi connectivity index (χ0n) is 9.02. The third-order valence-electron chi connectivity index (χ3n) is 1.63. The standard InChI is InChI=1S/C10H19NO4/c12-5-1-7-14-9-3-11-4-10-15-8-2-6-13/h5-6,11H,1-4,7-10H2/p+2. The van der Waals surface area contributed by atoms with Crippen molar-refractivity contribution in [2.75, 3.05) is 39.5 Å². The molecule has 0 aromatic heterocycles. The molecular formula is C10H21NO4+2. The van der Waals surface area contributed by atoms with Crippen molar-refractivity contribution < 1.29 is 19.1 Å². The predicted molar refractivity (Wildman–Crippen MR) is 59.7 cm³/mol. The molecule has 0 heterocycles. The van der Waals surface area contributed by atoms with Crippen molar-refractivity contribution in [3.8, 4) is 0 Å². The number of hydrogen-bond donors (Lipinski definition) is 1. The minimum absolute atomic E-state index is 0.557. The zero-order valence-corrected chi connectivity index (χ0v) is 9.02. The highest BCUT2D eigenvalue weighted by Gasteiger charge is 1.91. The molecule has 0 aliphatic rings. The van der Waals surface area contributed by atoms with Gasteiger partial charge in [0.05, 0.1) is 39.3 Å². The van der Waals surface area contributed by atoms with Gasteiger partial charge in [-0.3, -0.25) is 9.59 Å². The Morgan fingerprint density at radius 1 is 0.800 bits per heavy atom. The van der Waals surface area contributed by atoms with E-state index in [-0.39, 0.29) is 0 Å². The van der Waals surface area contributed by atoms with Gasteiger partial charge in [-0.25, -0.2) is 0 Å². The maximum Gasteiger partial charge on any atom is 0.284 e. The predicted octanol–water partition coefficient (Wildman–Crippen LogP) is -0.261. The molecule has 0 bridgehead atoms. The van der Waals surface area contributed by atoms with Gasteiger partial charge in [-0.05, 0) is 0 Å². The van der Waals surface area contributed by atoms with Crippen LogP contribution >= 0.6 is 0 Å². The molecule has 0 fully saturated rings. The number of carbonyl (C=O) groups excluding carboxylic acids is 2. The van der Waals surface area contributed by atoms with E-state index in [0.717, 1.165) is 25.7 Å². The summed E-state index contributed by atoms with van der Waals surface area (Å²) in [6, 6.07) is 0. The summed E-state index contributed by atoms with van der Waals surface area (Å²) >= 11 is 0. The molecule has 0 aliphatic carbocycles. The molecule has 5 heteroatoms. The molecule has 0 saturated carbocycles. The van der Waals surface area contributed by atoms with Crippen LogP contribution in [0.2, 0.25) is 0 Å². The number of rotatable bonds is 12. The smallest absolute Gasteiger partial charge is 0.284 e. The van der Waals surface area contributed by atoms with Crippen LogP contribution in [0.25, 0.3) is 0 Å². The molecule has 0 aromatic rings. The Kier molecular flexibility index (Phi) is 12.5. The summed E-state index contributed by atoms with van der Waals surface area (Å²) in [5.74, 6) is 0. The Bertz CT molecular complexity index is 136. The van der Waals surface area contributed by atoms with Crippen molar-refractivity contribution in [3.63, 3.8) is 0 Å². The van der Waals surface area contributed by atoms with E-state index in [1.807, 2.05) is 0 Å². The fourth-order valence-electron chi connectivity index (χ4n) is 0.890. The molecule has 0 spiro atoms. The fourth-order valence-corrected chi connectivity index (χ4v) is 0.890. The summed E-state index contributed by atoms with van der Waals surface area (Å²) < 4.78 is 10.4. The second-order valence-electron chi connectivity index (χ2n) is 2.92. The van der Waals surface area contributed by atoms with E-state index in [1.54, 1.807) is 0 Å². The van der Waals surface area contributed by atoms with Crippen molar-refractivity contribution in [2.45, 2.75) is 12.8 Å². The minimum Gasteiger partial charge on any atom is -0.379 e. The van der Waals surface area contributed by atoms with Gasteiger partial charge in [0.1, 0.15) is 0 Å². The Balaban J connectivity index is 2.86. The zero-order chi connectivity index (χ0) is 11.2. The molecule has 88 valence electrons. The summed E-state index contributed by atoms with van der Waals surface area (Å²) in [4.78, 5) is 16.7. The average Bonchev–Trinajstić information content (AvgIpc) is 2.26. The van der Waals surface area contributed by atoms with Gasteiger partial charge in [0, 0.05) is 13.1 Å². The van der Waals surface area contributed by atoms with Gasteiger partial charge in [0.2, 0.25) is 0 Å². The largest absolute Gasteiger partial charge is 0.379 e. The van der Waals surface area contributed by atoms with Crippen LogP contribution in [0.5, 0.6) is 0 Å². The summed E-state index contributed by atoms with van der Waals surface area (Å²) in [7, 11) is 0. The van der Waals surface area contributed by atoms with Crippen molar-refractivity contribution in [3.05, 3.63) is 0 Å². The Morgan fingerprint density at radius 2 is 1.27 bits per heavy atom.